The Hall–Kier alpha value is -2.97. The molecular formula is C25H24FN3O2S2. The number of thiophene rings is 1. The first-order chi connectivity index (χ1) is 15.9. The second-order valence-corrected chi connectivity index (χ2v) is 9.74. The largest absolute Gasteiger partial charge is 0.353 e. The van der Waals surface area contributed by atoms with E-state index in [0.29, 0.717) is 26.6 Å². The van der Waals surface area contributed by atoms with E-state index in [2.05, 4.69) is 22.4 Å². The van der Waals surface area contributed by atoms with E-state index >= 15 is 0 Å². The Bertz CT molecular complexity index is 1330. The molecule has 0 aliphatic heterocycles. The number of thioether (sulfide) groups is 1. The van der Waals surface area contributed by atoms with Gasteiger partial charge in [0.25, 0.3) is 5.56 Å². The van der Waals surface area contributed by atoms with Crippen LogP contribution in [0.5, 0.6) is 0 Å². The lowest BCUT2D eigenvalue weighted by atomic mass is 10.1. The highest BCUT2D eigenvalue weighted by molar-refractivity contribution is 7.99. The number of hydrogen-bond donors (Lipinski definition) is 1. The van der Waals surface area contributed by atoms with Crippen molar-refractivity contribution in [2.24, 2.45) is 0 Å². The Morgan fingerprint density at radius 3 is 2.76 bits per heavy atom. The molecule has 2 aromatic heterocycles. The second kappa shape index (κ2) is 10.3. The number of halogens is 1. The minimum absolute atomic E-state index is 0.0205. The summed E-state index contributed by atoms with van der Waals surface area (Å²) in [7, 11) is 0. The number of nitrogens with zero attached hydrogens (tertiary/aromatic N) is 2. The summed E-state index contributed by atoms with van der Waals surface area (Å²) in [6.07, 6.45) is 1.72. The fraction of sp³-hybridized carbons (Fsp3) is 0.240. The molecular weight excluding hydrogens is 457 g/mol. The lowest BCUT2D eigenvalue weighted by Crippen LogP contribution is -2.34. The van der Waals surface area contributed by atoms with Gasteiger partial charge in [-0.3, -0.25) is 14.2 Å². The molecule has 2 aromatic carbocycles. The van der Waals surface area contributed by atoms with Crippen LogP contribution in [-0.4, -0.2) is 27.3 Å². The maximum atomic E-state index is 13.7. The van der Waals surface area contributed by atoms with Gasteiger partial charge in [-0.25, -0.2) is 9.37 Å². The highest BCUT2D eigenvalue weighted by Crippen LogP contribution is 2.25. The normalized spacial score (nSPS) is 12.1. The molecule has 1 N–H and O–H groups in total. The molecule has 0 aliphatic carbocycles. The van der Waals surface area contributed by atoms with Crippen LogP contribution in [0.15, 0.2) is 69.9 Å². The molecule has 0 spiro atoms. The van der Waals surface area contributed by atoms with Crippen LogP contribution in [0.25, 0.3) is 15.9 Å². The summed E-state index contributed by atoms with van der Waals surface area (Å²) in [6, 6.07) is 16.2. The summed E-state index contributed by atoms with van der Waals surface area (Å²) in [5, 5.41) is 5.25. The molecule has 8 heteroatoms. The van der Waals surface area contributed by atoms with E-state index in [1.54, 1.807) is 19.1 Å². The van der Waals surface area contributed by atoms with Crippen molar-refractivity contribution in [1.29, 1.82) is 0 Å². The van der Waals surface area contributed by atoms with Gasteiger partial charge in [0, 0.05) is 6.04 Å². The fourth-order valence-corrected chi connectivity index (χ4v) is 5.19. The van der Waals surface area contributed by atoms with Crippen LogP contribution >= 0.6 is 23.1 Å². The zero-order valence-electron chi connectivity index (χ0n) is 18.4. The monoisotopic (exact) mass is 481 g/mol. The first-order valence-corrected chi connectivity index (χ1v) is 12.5. The van der Waals surface area contributed by atoms with Crippen molar-refractivity contribution in [1.82, 2.24) is 14.9 Å². The van der Waals surface area contributed by atoms with Crippen LogP contribution < -0.4 is 10.9 Å². The number of fused-ring (bicyclic) bond motifs is 1. The first kappa shape index (κ1) is 23.2. The Labute approximate surface area is 199 Å². The van der Waals surface area contributed by atoms with E-state index in [1.807, 2.05) is 30.5 Å². The summed E-state index contributed by atoms with van der Waals surface area (Å²) in [5.74, 6) is -0.368. The third kappa shape index (κ3) is 5.51. The number of aromatic nitrogens is 2. The van der Waals surface area contributed by atoms with Crippen molar-refractivity contribution in [3.05, 3.63) is 87.3 Å². The molecule has 1 atom stereocenters. The van der Waals surface area contributed by atoms with Gasteiger partial charge >= 0.3 is 0 Å². The molecule has 5 nitrogen and oxygen atoms in total. The smallest absolute Gasteiger partial charge is 0.276 e. The molecule has 4 rings (SSSR count). The number of nitrogens with one attached hydrogen (secondary N) is 1. The van der Waals surface area contributed by atoms with E-state index in [0.717, 1.165) is 12.8 Å². The third-order valence-electron chi connectivity index (χ3n) is 5.30. The number of carbonyl (C=O) groups excluding carboxylic acids is 1. The Kier molecular flexibility index (Phi) is 7.25. The van der Waals surface area contributed by atoms with Crippen molar-refractivity contribution in [2.45, 2.75) is 37.9 Å². The summed E-state index contributed by atoms with van der Waals surface area (Å²) in [6.45, 7) is 3.73. The highest BCUT2D eigenvalue weighted by atomic mass is 32.2. The molecule has 33 heavy (non-hydrogen) atoms. The third-order valence-corrected chi connectivity index (χ3v) is 7.13. The van der Waals surface area contributed by atoms with Crippen molar-refractivity contribution < 1.29 is 9.18 Å². The molecule has 0 bridgehead atoms. The quantitative estimate of drug-likeness (QED) is 0.280. The maximum Gasteiger partial charge on any atom is 0.276 e. The lowest BCUT2D eigenvalue weighted by Gasteiger charge is -2.16. The summed E-state index contributed by atoms with van der Waals surface area (Å²) >= 11 is 2.52. The Morgan fingerprint density at radius 2 is 2.00 bits per heavy atom. The summed E-state index contributed by atoms with van der Waals surface area (Å²) in [5.41, 5.74) is 2.79. The van der Waals surface area contributed by atoms with Crippen LogP contribution in [-0.2, 0) is 11.2 Å². The van der Waals surface area contributed by atoms with Crippen molar-refractivity contribution in [3.63, 3.8) is 0 Å². The number of rotatable bonds is 8. The van der Waals surface area contributed by atoms with E-state index < -0.39 is 0 Å². The number of amides is 1. The number of hydrogen-bond acceptors (Lipinski definition) is 5. The van der Waals surface area contributed by atoms with Gasteiger partial charge in [-0.15, -0.1) is 11.3 Å². The molecule has 1 amide bonds. The van der Waals surface area contributed by atoms with E-state index in [9.17, 15) is 14.0 Å². The molecule has 0 fully saturated rings. The number of carbonyl (C=O) groups is 1. The van der Waals surface area contributed by atoms with Gasteiger partial charge in [-0.2, -0.15) is 0 Å². The minimum Gasteiger partial charge on any atom is -0.353 e. The molecule has 0 saturated carbocycles. The zero-order chi connectivity index (χ0) is 23.4. The van der Waals surface area contributed by atoms with Gasteiger partial charge in [0.2, 0.25) is 5.91 Å². The van der Waals surface area contributed by atoms with Crippen molar-refractivity contribution >= 4 is 39.2 Å². The number of benzene rings is 2. The number of aryl methyl sites for hydroxylation is 2. The van der Waals surface area contributed by atoms with Crippen LogP contribution in [0.1, 0.15) is 24.5 Å². The van der Waals surface area contributed by atoms with E-state index in [4.69, 9.17) is 0 Å². The predicted molar refractivity (Wildman–Crippen MR) is 133 cm³/mol. The van der Waals surface area contributed by atoms with Crippen molar-refractivity contribution in [2.75, 3.05) is 5.75 Å². The SMILES string of the molecule is Cc1cc(F)ccc1-n1c(SCC(=O)NC(C)CCc2ccccc2)nc2ccsc2c1=O. The Morgan fingerprint density at radius 1 is 1.21 bits per heavy atom. The van der Waals surface area contributed by atoms with Crippen LogP contribution in [0.4, 0.5) is 4.39 Å². The molecule has 4 aromatic rings. The van der Waals surface area contributed by atoms with Crippen LogP contribution in [0.2, 0.25) is 0 Å². The Balaban J connectivity index is 1.50. The van der Waals surface area contributed by atoms with E-state index in [-0.39, 0.29) is 29.1 Å². The van der Waals surface area contributed by atoms with Crippen LogP contribution in [0, 0.1) is 12.7 Å². The summed E-state index contributed by atoms with van der Waals surface area (Å²) in [4.78, 5) is 30.4. The molecule has 0 radical (unpaired) electrons. The molecule has 2 heterocycles. The predicted octanol–water partition coefficient (Wildman–Crippen LogP) is 5.12. The van der Waals surface area contributed by atoms with Crippen molar-refractivity contribution in [3.8, 4) is 5.69 Å². The van der Waals surface area contributed by atoms with Gasteiger partial charge in [-0.05, 0) is 67.5 Å². The molecule has 0 saturated heterocycles. The molecule has 1 unspecified atom stereocenters. The highest BCUT2D eigenvalue weighted by Gasteiger charge is 2.18. The van der Waals surface area contributed by atoms with Gasteiger partial charge in [0.15, 0.2) is 5.16 Å². The maximum absolute atomic E-state index is 13.7. The standard InChI is InChI=1S/C25H24FN3O2S2/c1-16-14-19(26)10-11-21(16)29-24(31)23-20(12-13-32-23)28-25(29)33-15-22(30)27-17(2)8-9-18-6-4-3-5-7-18/h3-7,10-14,17H,8-9,15H2,1-2H3,(H,27,30). The lowest BCUT2D eigenvalue weighted by molar-refractivity contribution is -0.119. The fourth-order valence-electron chi connectivity index (χ4n) is 3.62. The van der Waals surface area contributed by atoms with Crippen LogP contribution in [0.3, 0.4) is 0 Å². The van der Waals surface area contributed by atoms with Gasteiger partial charge in [-0.1, -0.05) is 42.1 Å². The van der Waals surface area contributed by atoms with Gasteiger partial charge < -0.3 is 5.32 Å². The van der Waals surface area contributed by atoms with Gasteiger partial charge in [0.1, 0.15) is 10.5 Å². The average Bonchev–Trinajstić information content (AvgIpc) is 3.27. The topological polar surface area (TPSA) is 64.0 Å². The first-order valence-electron chi connectivity index (χ1n) is 10.6. The summed E-state index contributed by atoms with van der Waals surface area (Å²) < 4.78 is 15.7. The zero-order valence-corrected chi connectivity index (χ0v) is 20.0. The average molecular weight is 482 g/mol. The molecule has 170 valence electrons. The molecule has 0 aliphatic rings. The van der Waals surface area contributed by atoms with E-state index in [1.165, 1.54) is 45.4 Å². The second-order valence-electron chi connectivity index (χ2n) is 7.88. The van der Waals surface area contributed by atoms with Gasteiger partial charge in [0.05, 0.1) is 17.0 Å². The minimum atomic E-state index is -0.368.